The van der Waals surface area contributed by atoms with E-state index in [4.69, 9.17) is 123 Å². The maximum Gasteiger partial charge on any atom is 1.00 e. The molecule has 43 heteroatoms. The minimum Gasteiger partial charge on any atom is -0.870 e. The van der Waals surface area contributed by atoms with Gasteiger partial charge in [0.05, 0.1) is 67.1 Å². The topological polar surface area (TPSA) is 187 Å². The first kappa shape index (κ1) is 84.3. The number of carbonyl (C=O) groups is 4. The molecule has 2 atom stereocenters. The van der Waals surface area contributed by atoms with Crippen LogP contribution in [0.5, 0.6) is 0 Å². The third-order valence-corrected chi connectivity index (χ3v) is 21.1. The Bertz CT molecular complexity index is 3710. The second-order valence-corrected chi connectivity index (χ2v) is 27.1. The van der Waals surface area contributed by atoms with E-state index in [0.29, 0.717) is 83.1 Å². The largest absolute Gasteiger partial charge is 1.00 e. The molecular formula is C58H69B27N6NaO9. The molecule has 2 saturated carbocycles. The number of esters is 1. The number of morpholine rings is 2. The number of anilines is 2. The van der Waals surface area contributed by atoms with Gasteiger partial charge in [-0.25, -0.2) is 9.59 Å². The molecule has 4 fully saturated rings. The van der Waals surface area contributed by atoms with Gasteiger partial charge in [-0.2, -0.15) is 0 Å². The van der Waals surface area contributed by atoms with Crippen molar-refractivity contribution in [1.82, 2.24) is 18.9 Å². The van der Waals surface area contributed by atoms with E-state index in [2.05, 4.69) is 56.2 Å². The number of aromatic carboxylic acids is 1. The maximum atomic E-state index is 14.0. The molecule has 2 aromatic heterocycles. The van der Waals surface area contributed by atoms with E-state index < -0.39 is 94.7 Å². The number of para-hydroxylation sites is 2. The summed E-state index contributed by atoms with van der Waals surface area (Å²) in [6.07, 6.45) is 1.32. The number of hydrogen-bond donors (Lipinski definition) is 3. The molecule has 6 aromatic rings. The van der Waals surface area contributed by atoms with E-state index in [1.807, 2.05) is 46.2 Å². The average Bonchev–Trinajstić information content (AvgIpc) is 1.58. The summed E-state index contributed by atoms with van der Waals surface area (Å²) in [6.45, 7) is 5.49. The van der Waals surface area contributed by atoms with Crippen LogP contribution in [0.25, 0.3) is 44.3 Å². The Hall–Kier alpha value is -3.93. The summed E-state index contributed by atoms with van der Waals surface area (Å²) >= 11 is 0. The first-order chi connectivity index (χ1) is 47.1. The van der Waals surface area contributed by atoms with Crippen molar-refractivity contribution < 1.29 is 73.5 Å². The third-order valence-electron chi connectivity index (χ3n) is 21.1. The van der Waals surface area contributed by atoms with Gasteiger partial charge in [-0.3, -0.25) is 9.59 Å². The predicted octanol–water partition coefficient (Wildman–Crippen LogP) is -2.97. The van der Waals surface area contributed by atoms with Crippen LogP contribution in [0, 0.1) is 0 Å². The molecule has 467 valence electrons. The molecule has 4 N–H and O–H groups in total. The Morgan fingerprint density at radius 3 is 1.23 bits per heavy atom. The summed E-state index contributed by atoms with van der Waals surface area (Å²) in [5.74, 6) is -0.354. The second kappa shape index (κ2) is 38.6. The van der Waals surface area contributed by atoms with Crippen molar-refractivity contribution >= 4 is 249 Å². The van der Waals surface area contributed by atoms with Gasteiger partial charge in [-0.15, -0.1) is 0 Å². The van der Waals surface area contributed by atoms with Gasteiger partial charge in [0.25, 0.3) is 0 Å². The summed E-state index contributed by atoms with van der Waals surface area (Å²) in [5.41, 5.74) is 11.6. The van der Waals surface area contributed by atoms with Crippen molar-refractivity contribution in [3.05, 3.63) is 107 Å². The molecule has 6 heterocycles. The van der Waals surface area contributed by atoms with Gasteiger partial charge in [0.1, 0.15) is 12.1 Å². The summed E-state index contributed by atoms with van der Waals surface area (Å²) in [4.78, 5) is 56.3. The van der Waals surface area contributed by atoms with Crippen LogP contribution < -0.4 is 40.2 Å². The Morgan fingerprint density at radius 1 is 0.515 bits per heavy atom. The van der Waals surface area contributed by atoms with Crippen molar-refractivity contribution in [1.29, 1.82) is 0 Å². The van der Waals surface area contributed by atoms with E-state index in [1.54, 1.807) is 12.1 Å². The van der Waals surface area contributed by atoms with Crippen molar-refractivity contribution in [2.75, 3.05) is 83.4 Å². The van der Waals surface area contributed by atoms with Gasteiger partial charge in [0.2, 0.25) is 11.8 Å². The number of carbonyl (C=O) groups excluding carboxylic acids is 3. The van der Waals surface area contributed by atoms with Crippen molar-refractivity contribution in [3.63, 3.8) is 0 Å². The summed E-state index contributed by atoms with van der Waals surface area (Å²) in [7, 11) is 85.9. The van der Waals surface area contributed by atoms with Crippen LogP contribution in [-0.2, 0) is 23.8 Å². The number of benzene rings is 4. The Kier molecular flexibility index (Phi) is 32.2. The molecule has 29 radical (unpaired) electrons. The fraction of sp³-hybridized carbons (Fsp3) is 0.448. The molecule has 2 aliphatic carbocycles. The number of carboxylic acids is 1. The fourth-order valence-electron chi connectivity index (χ4n) is 16.5. The molecule has 2 amide bonds. The zero-order valence-corrected chi connectivity index (χ0v) is 59.7. The number of nitrogens with one attached hydrogen (secondary N) is 2. The minimum absolute atomic E-state index is 0. The van der Waals surface area contributed by atoms with Crippen molar-refractivity contribution in [2.45, 2.75) is 95.6 Å². The monoisotopic (exact) mass is 1310 g/mol. The molecule has 15 nitrogen and oxygen atoms in total. The van der Waals surface area contributed by atoms with Gasteiger partial charge in [0.15, 0.2) is 0 Å². The zero-order chi connectivity index (χ0) is 70.2. The van der Waals surface area contributed by atoms with E-state index in [0.717, 1.165) is 81.4 Å². The number of rotatable bonds is 18. The number of carboxylic acid groups (broad SMARTS) is 1. The van der Waals surface area contributed by atoms with Gasteiger partial charge < -0.3 is 54.4 Å². The molecule has 12 rings (SSSR count). The molecule has 2 saturated heterocycles. The third kappa shape index (κ3) is 18.6. The second-order valence-electron chi connectivity index (χ2n) is 27.1. The van der Waals surface area contributed by atoms with Gasteiger partial charge in [0, 0.05) is 265 Å². The van der Waals surface area contributed by atoms with Crippen LogP contribution in [0.1, 0.15) is 127 Å². The quantitative estimate of drug-likeness (QED) is 0.0590. The molecule has 4 aliphatic heterocycles. The van der Waals surface area contributed by atoms with Crippen LogP contribution in [0.3, 0.4) is 0 Å². The van der Waals surface area contributed by atoms with Gasteiger partial charge in [-0.1, -0.05) is 94.5 Å². The number of fused-ring (bicyclic) bond motifs is 10. The smallest absolute Gasteiger partial charge is 0.870 e. The number of amides is 2. The first-order valence-corrected chi connectivity index (χ1v) is 34.5. The SMILES string of the molecule is C.COC(=O)c1ccc2c(C3CCCCC3)c3n(c2c1)C(C(=O)N1CCOCC1)CNc1ccccc1-3.O=C(O)c1ccc2c(C3CCCCC3)c3n(c2c1)C(C(=O)N1CCOCC1)CNc1ccccc1-3.[B][B]B([B])B(B(B([B])[B])B([B])[B])B(B(B([B])[B])B([B])[B])B(B([B])[B])B([B])[B].[Na+].[OH-]. The maximum absolute atomic E-state index is 14.0. The van der Waals surface area contributed by atoms with E-state index in [-0.39, 0.29) is 65.8 Å². The number of aromatic nitrogens is 2. The number of ether oxygens (including phenoxy) is 3. The van der Waals surface area contributed by atoms with Gasteiger partial charge >= 0.3 is 41.5 Å². The average molecular weight is 1310 g/mol. The molecule has 6 aliphatic rings. The van der Waals surface area contributed by atoms with Crippen LogP contribution in [0.4, 0.5) is 11.4 Å². The zero-order valence-electron chi connectivity index (χ0n) is 57.7. The Labute approximate surface area is 645 Å². The van der Waals surface area contributed by atoms with Crippen LogP contribution in [0.15, 0.2) is 84.9 Å². The molecular weight excluding hydrogens is 1240 g/mol. The first-order valence-electron chi connectivity index (χ1n) is 34.5. The predicted molar refractivity (Wildman–Crippen MR) is 439 cm³/mol. The van der Waals surface area contributed by atoms with Crippen LogP contribution in [-0.4, -0.2) is 318 Å². The normalized spacial score (nSPS) is 16.8. The molecule has 0 spiro atoms. The molecule has 101 heavy (non-hydrogen) atoms. The molecule has 4 aromatic carbocycles. The number of nitrogens with zero attached hydrogens (tertiary/aromatic N) is 4. The minimum atomic E-state index is -0.994. The fourth-order valence-corrected chi connectivity index (χ4v) is 16.5. The standard InChI is InChI=1S/C29H33N3O4.C28H31N3O4.CH4.B27.Na.H2O/c1-35-29(34)20-11-12-22-24(17-20)32-25(28(33)31-13-15-36-16-14-31)18-30-23-10-6-5-9-21(23)27(32)26(22)19-7-3-2-4-8-19;32-27(30-12-14-35-15-13-30)24-17-29-22-9-5-4-8-20(22)26-25(18-6-2-1-3-7-18)21-11-10-19(28(33)34)16-23(21)31(24)26;;1-15-22(14)26(23(16(2)3)17(4)5)27(24(18(6)7)19(8)9)25(20(10)11)21(12)13;;/h5-6,9-12,17,19,25,30H,2-4,7-8,13-16,18H2,1H3;4-5,8-11,16,18,24,29H,1-3,6-7,12-15,17H2,(H,33,34);1H4;;;1H2/q;;;;+1;/p-1. The van der Waals surface area contributed by atoms with Gasteiger partial charge in [-0.05, 0) is 85.0 Å². The van der Waals surface area contributed by atoms with Crippen LogP contribution in [0.2, 0.25) is 0 Å². The van der Waals surface area contributed by atoms with Crippen molar-refractivity contribution in [3.8, 4) is 22.5 Å². The number of methoxy groups -OCH3 is 1. The van der Waals surface area contributed by atoms with E-state index in [9.17, 15) is 24.3 Å². The van der Waals surface area contributed by atoms with Crippen molar-refractivity contribution in [2.24, 2.45) is 0 Å². The Morgan fingerprint density at radius 2 is 0.871 bits per heavy atom. The summed E-state index contributed by atoms with van der Waals surface area (Å²) in [6, 6.07) is 27.0. The summed E-state index contributed by atoms with van der Waals surface area (Å²) < 4.78 is 20.5. The molecule has 0 bridgehead atoms. The van der Waals surface area contributed by atoms with Crippen LogP contribution >= 0.6 is 0 Å². The Balaban J connectivity index is 0.000000212. The summed E-state index contributed by atoms with van der Waals surface area (Å²) in [5, 5.41) is 19.1. The molecule has 2 unspecified atom stereocenters. The number of hydrogen-bond acceptors (Lipinski definition) is 10. The van der Waals surface area contributed by atoms with E-state index >= 15 is 0 Å². The van der Waals surface area contributed by atoms with E-state index in [1.165, 1.54) is 63.8 Å².